The summed E-state index contributed by atoms with van der Waals surface area (Å²) < 4.78 is 2.23. The number of nitrogens with zero attached hydrogens (tertiary/aromatic N) is 1. The van der Waals surface area contributed by atoms with E-state index in [9.17, 15) is 4.79 Å². The van der Waals surface area contributed by atoms with Gasteiger partial charge in [-0.2, -0.15) is 11.8 Å². The Hall–Kier alpha value is -1.48. The van der Waals surface area contributed by atoms with Crippen molar-refractivity contribution in [1.29, 1.82) is 0 Å². The van der Waals surface area contributed by atoms with Crippen molar-refractivity contribution in [3.63, 3.8) is 0 Å². The summed E-state index contributed by atoms with van der Waals surface area (Å²) in [6, 6.07) is 8.24. The van der Waals surface area contributed by atoms with E-state index in [1.165, 1.54) is 29.9 Å². The van der Waals surface area contributed by atoms with Crippen LogP contribution in [-0.4, -0.2) is 16.1 Å². The minimum absolute atomic E-state index is 0.152. The summed E-state index contributed by atoms with van der Waals surface area (Å²) in [5, 5.41) is 0. The lowest BCUT2D eigenvalue weighted by molar-refractivity contribution is 0.415. The number of aromatic nitrogens is 1. The molecule has 1 fully saturated rings. The number of aryl methyl sites for hydroxylation is 2. The molecule has 0 atom stereocenters. The Balaban J connectivity index is 1.92. The fourth-order valence-electron chi connectivity index (χ4n) is 3.05. The number of hydrogen-bond donors (Lipinski definition) is 0. The largest absolute Gasteiger partial charge is 0.353 e. The molecule has 0 amide bonds. The van der Waals surface area contributed by atoms with Crippen LogP contribution in [0.3, 0.4) is 0 Å². The molecule has 0 N–H and O–H groups in total. The third-order valence-electron chi connectivity index (χ3n) is 4.43. The average Bonchev–Trinajstić information content (AvgIpc) is 2.53. The molecule has 2 nitrogen and oxygen atoms in total. The summed E-state index contributed by atoms with van der Waals surface area (Å²) >= 11 is 2.06. The van der Waals surface area contributed by atoms with Crippen molar-refractivity contribution in [1.82, 2.24) is 4.57 Å². The number of benzene rings is 1. The average molecular weight is 313 g/mol. The third kappa shape index (κ3) is 3.46. The number of rotatable bonds is 3. The molecular formula is C19H23NOS. The van der Waals surface area contributed by atoms with Crippen molar-refractivity contribution in [3.05, 3.63) is 58.0 Å². The molecule has 116 valence electrons. The highest BCUT2D eigenvalue weighted by Gasteiger charge is 2.15. The van der Waals surface area contributed by atoms with Crippen LogP contribution in [0.4, 0.5) is 0 Å². The molecule has 1 saturated heterocycles. The van der Waals surface area contributed by atoms with Gasteiger partial charge in [-0.15, -0.1) is 0 Å². The first-order valence-electron chi connectivity index (χ1n) is 7.99. The van der Waals surface area contributed by atoms with Crippen molar-refractivity contribution in [2.24, 2.45) is 5.92 Å². The van der Waals surface area contributed by atoms with Crippen molar-refractivity contribution in [2.75, 3.05) is 11.5 Å². The van der Waals surface area contributed by atoms with Gasteiger partial charge in [-0.25, -0.2) is 0 Å². The van der Waals surface area contributed by atoms with E-state index in [2.05, 4.69) is 35.4 Å². The lowest BCUT2D eigenvalue weighted by Crippen LogP contribution is -2.19. The number of thioether (sulfide) groups is 1. The van der Waals surface area contributed by atoms with Gasteiger partial charge in [0.15, 0.2) is 5.43 Å². The lowest BCUT2D eigenvalue weighted by Gasteiger charge is -2.23. The zero-order valence-electron chi connectivity index (χ0n) is 13.3. The summed E-state index contributed by atoms with van der Waals surface area (Å²) in [7, 11) is 0. The van der Waals surface area contributed by atoms with Gasteiger partial charge >= 0.3 is 0 Å². The first kappa shape index (κ1) is 15.4. The fraction of sp³-hybridized carbons (Fsp3) is 0.421. The molecule has 0 spiro atoms. The molecular weight excluding hydrogens is 290 g/mol. The summed E-state index contributed by atoms with van der Waals surface area (Å²) in [6.07, 6.45) is 6.63. The Bertz CT molecular complexity index is 696. The van der Waals surface area contributed by atoms with E-state index >= 15 is 0 Å². The quantitative estimate of drug-likeness (QED) is 0.844. The highest BCUT2D eigenvalue weighted by atomic mass is 32.2. The van der Waals surface area contributed by atoms with Crippen LogP contribution in [0, 0.1) is 19.8 Å². The minimum Gasteiger partial charge on any atom is -0.353 e. The van der Waals surface area contributed by atoms with E-state index in [0.717, 1.165) is 29.2 Å². The van der Waals surface area contributed by atoms with E-state index < -0.39 is 0 Å². The number of hydrogen-bond acceptors (Lipinski definition) is 2. The van der Waals surface area contributed by atoms with E-state index in [1.807, 2.05) is 31.5 Å². The van der Waals surface area contributed by atoms with Crippen molar-refractivity contribution in [2.45, 2.75) is 33.2 Å². The highest BCUT2D eigenvalue weighted by Crippen LogP contribution is 2.25. The van der Waals surface area contributed by atoms with Gasteiger partial charge < -0.3 is 4.57 Å². The van der Waals surface area contributed by atoms with E-state index in [4.69, 9.17) is 0 Å². The van der Waals surface area contributed by atoms with E-state index in [0.29, 0.717) is 0 Å². The van der Waals surface area contributed by atoms with Crippen LogP contribution >= 0.6 is 11.8 Å². The predicted molar refractivity (Wildman–Crippen MR) is 95.7 cm³/mol. The first-order chi connectivity index (χ1) is 10.6. The summed E-state index contributed by atoms with van der Waals surface area (Å²) in [5.41, 5.74) is 4.05. The Morgan fingerprint density at radius 1 is 1.09 bits per heavy atom. The van der Waals surface area contributed by atoms with E-state index in [-0.39, 0.29) is 5.43 Å². The molecule has 1 aliphatic rings. The molecule has 2 heterocycles. The highest BCUT2D eigenvalue weighted by molar-refractivity contribution is 7.99. The van der Waals surface area contributed by atoms with Crippen LogP contribution in [0.5, 0.6) is 0 Å². The molecule has 1 aromatic carbocycles. The standard InChI is InChI=1S/C19H23NOS/c1-14-3-5-17(6-4-14)18-13-20(11-15(2)19(18)21)12-16-7-9-22-10-8-16/h3-6,11,13,16H,7-10,12H2,1-2H3. The lowest BCUT2D eigenvalue weighted by atomic mass is 10.0. The zero-order valence-corrected chi connectivity index (χ0v) is 14.2. The Kier molecular flexibility index (Phi) is 4.72. The van der Waals surface area contributed by atoms with Gasteiger partial charge in [0.2, 0.25) is 0 Å². The molecule has 1 aromatic heterocycles. The zero-order chi connectivity index (χ0) is 15.5. The van der Waals surface area contributed by atoms with Crippen molar-refractivity contribution in [3.8, 4) is 11.1 Å². The van der Waals surface area contributed by atoms with Crippen LogP contribution in [0.15, 0.2) is 41.5 Å². The third-order valence-corrected chi connectivity index (χ3v) is 5.48. The van der Waals surface area contributed by atoms with Gasteiger partial charge in [0, 0.05) is 30.1 Å². The fourth-order valence-corrected chi connectivity index (χ4v) is 4.26. The van der Waals surface area contributed by atoms with Gasteiger partial charge in [0.25, 0.3) is 0 Å². The van der Waals surface area contributed by atoms with Crippen molar-refractivity contribution >= 4 is 11.8 Å². The van der Waals surface area contributed by atoms with Crippen LogP contribution in [0.2, 0.25) is 0 Å². The molecule has 22 heavy (non-hydrogen) atoms. The van der Waals surface area contributed by atoms with Crippen LogP contribution in [-0.2, 0) is 6.54 Å². The molecule has 0 aliphatic carbocycles. The maximum Gasteiger partial charge on any atom is 0.192 e. The maximum absolute atomic E-state index is 12.5. The molecule has 3 heteroatoms. The summed E-state index contributed by atoms with van der Waals surface area (Å²) in [6.45, 7) is 5.02. The van der Waals surface area contributed by atoms with E-state index in [1.54, 1.807) is 0 Å². The monoisotopic (exact) mass is 313 g/mol. The summed E-state index contributed by atoms with van der Waals surface area (Å²) in [5.74, 6) is 3.29. The second-order valence-corrected chi connectivity index (χ2v) is 7.53. The molecule has 0 saturated carbocycles. The smallest absolute Gasteiger partial charge is 0.192 e. The Morgan fingerprint density at radius 2 is 1.77 bits per heavy atom. The van der Waals surface area contributed by atoms with Gasteiger partial charge in [-0.05, 0) is 49.7 Å². The van der Waals surface area contributed by atoms with Gasteiger partial charge in [-0.3, -0.25) is 4.79 Å². The van der Waals surface area contributed by atoms with Gasteiger partial charge in [0.05, 0.1) is 0 Å². The molecule has 0 bridgehead atoms. The van der Waals surface area contributed by atoms with Crippen molar-refractivity contribution < 1.29 is 0 Å². The molecule has 0 radical (unpaired) electrons. The summed E-state index contributed by atoms with van der Waals surface area (Å²) in [4.78, 5) is 12.5. The van der Waals surface area contributed by atoms with Gasteiger partial charge in [0.1, 0.15) is 0 Å². The second-order valence-electron chi connectivity index (χ2n) is 6.30. The first-order valence-corrected chi connectivity index (χ1v) is 9.14. The van der Waals surface area contributed by atoms with Gasteiger partial charge in [-0.1, -0.05) is 29.8 Å². The molecule has 1 aliphatic heterocycles. The molecule has 3 rings (SSSR count). The van der Waals surface area contributed by atoms with Crippen LogP contribution in [0.1, 0.15) is 24.0 Å². The number of pyridine rings is 1. The van der Waals surface area contributed by atoms with Crippen LogP contribution in [0.25, 0.3) is 11.1 Å². The molecule has 2 aromatic rings. The maximum atomic E-state index is 12.5. The molecule has 0 unspecified atom stereocenters. The SMILES string of the molecule is Cc1ccc(-c2cn(CC3CCSCC3)cc(C)c2=O)cc1. The Morgan fingerprint density at radius 3 is 2.45 bits per heavy atom. The topological polar surface area (TPSA) is 22.0 Å². The second kappa shape index (κ2) is 6.74. The van der Waals surface area contributed by atoms with Crippen LogP contribution < -0.4 is 5.43 Å². The Labute approximate surface area is 136 Å². The normalized spacial score (nSPS) is 15.9. The predicted octanol–water partition coefficient (Wildman–Crippen LogP) is 4.28. The minimum atomic E-state index is 0.152.